The molecule has 52 valence electrons. The second-order valence-electron chi connectivity index (χ2n) is 1.76. The summed E-state index contributed by atoms with van der Waals surface area (Å²) in [5.74, 6) is 0.459. The Balaban J connectivity index is 2.91. The average Bonchev–Trinajstić information content (AvgIpc) is 1.80. The highest BCUT2D eigenvalue weighted by molar-refractivity contribution is 5.48. The van der Waals surface area contributed by atoms with Crippen LogP contribution in [0.2, 0.25) is 0 Å². The summed E-state index contributed by atoms with van der Waals surface area (Å²) in [7, 11) is 0. The molecule has 0 saturated carbocycles. The average molecular weight is 128 g/mol. The number of unbranched alkanes of at least 4 members (excludes halogenated alkanes) is 1. The number of carbonyl (C=O) groups excluding carboxylic acids is 1. The predicted molar refractivity (Wildman–Crippen MR) is 36.6 cm³/mol. The molecule has 0 aliphatic rings. The number of rotatable bonds is 5. The Morgan fingerprint density at radius 2 is 2.44 bits per heavy atom. The molecule has 0 amide bonds. The quantitative estimate of drug-likeness (QED) is 0.404. The van der Waals surface area contributed by atoms with Gasteiger partial charge < -0.3 is 15.8 Å². The van der Waals surface area contributed by atoms with E-state index >= 15 is 0 Å². The van der Waals surface area contributed by atoms with Gasteiger partial charge in [0.15, 0.2) is 0 Å². The summed E-state index contributed by atoms with van der Waals surface area (Å²) < 4.78 is 0. The smallest absolute Gasteiger partial charge is 0.120 e. The molecule has 9 heavy (non-hydrogen) atoms. The lowest BCUT2D eigenvalue weighted by Crippen LogP contribution is -2.19. The van der Waals surface area contributed by atoms with Crippen molar-refractivity contribution in [3.63, 3.8) is 0 Å². The minimum atomic E-state index is 0.459. The second kappa shape index (κ2) is 5.15. The van der Waals surface area contributed by atoms with E-state index in [0.717, 1.165) is 19.3 Å². The molecule has 0 heterocycles. The standard InChI is InChI=1S/C6H12N2O/c1-6(7)8-4-2-3-5-9/h5,8H,1-4,7H2. The van der Waals surface area contributed by atoms with E-state index in [2.05, 4.69) is 11.9 Å². The fourth-order valence-corrected chi connectivity index (χ4v) is 0.434. The Kier molecular flexibility index (Phi) is 4.59. The number of aldehydes is 1. The molecule has 0 saturated heterocycles. The molecule has 0 rings (SSSR count). The number of hydrogen-bond donors (Lipinski definition) is 2. The molecular weight excluding hydrogens is 116 g/mol. The summed E-state index contributed by atoms with van der Waals surface area (Å²) in [5.41, 5.74) is 5.18. The van der Waals surface area contributed by atoms with Crippen molar-refractivity contribution in [2.75, 3.05) is 6.54 Å². The highest BCUT2D eigenvalue weighted by Gasteiger charge is 1.84. The number of carbonyl (C=O) groups is 1. The van der Waals surface area contributed by atoms with Gasteiger partial charge in [-0.1, -0.05) is 6.58 Å². The van der Waals surface area contributed by atoms with Crippen LogP contribution in [0.3, 0.4) is 0 Å². The maximum Gasteiger partial charge on any atom is 0.120 e. The first-order valence-corrected chi connectivity index (χ1v) is 2.89. The van der Waals surface area contributed by atoms with Gasteiger partial charge in [0.1, 0.15) is 6.29 Å². The van der Waals surface area contributed by atoms with E-state index in [9.17, 15) is 4.79 Å². The van der Waals surface area contributed by atoms with E-state index in [1.54, 1.807) is 0 Å². The first kappa shape index (κ1) is 8.01. The molecule has 0 atom stereocenters. The molecule has 0 aromatic rings. The van der Waals surface area contributed by atoms with E-state index in [1.807, 2.05) is 0 Å². The van der Waals surface area contributed by atoms with E-state index in [1.165, 1.54) is 0 Å². The Morgan fingerprint density at radius 1 is 1.78 bits per heavy atom. The lowest BCUT2D eigenvalue weighted by Gasteiger charge is -2.00. The van der Waals surface area contributed by atoms with Crippen LogP contribution in [0.1, 0.15) is 12.8 Å². The topological polar surface area (TPSA) is 55.1 Å². The maximum atomic E-state index is 9.77. The molecule has 0 aromatic heterocycles. The molecule has 3 N–H and O–H groups in total. The van der Waals surface area contributed by atoms with Crippen molar-refractivity contribution >= 4 is 6.29 Å². The van der Waals surface area contributed by atoms with Gasteiger partial charge in [0, 0.05) is 13.0 Å². The zero-order valence-electron chi connectivity index (χ0n) is 5.39. The molecule has 0 radical (unpaired) electrons. The first-order chi connectivity index (χ1) is 4.27. The van der Waals surface area contributed by atoms with Crippen LogP contribution in [-0.2, 0) is 4.79 Å². The van der Waals surface area contributed by atoms with Gasteiger partial charge in [-0.05, 0) is 6.42 Å². The minimum Gasteiger partial charge on any atom is -0.386 e. The lowest BCUT2D eigenvalue weighted by molar-refractivity contribution is -0.107. The molecule has 0 bridgehead atoms. The summed E-state index contributed by atoms with van der Waals surface area (Å²) in [6, 6.07) is 0. The third kappa shape index (κ3) is 7.01. The molecule has 0 aliphatic heterocycles. The van der Waals surface area contributed by atoms with Gasteiger partial charge in [0.2, 0.25) is 0 Å². The molecular formula is C6H12N2O. The van der Waals surface area contributed by atoms with E-state index in [-0.39, 0.29) is 0 Å². The molecule has 0 unspecified atom stereocenters. The lowest BCUT2D eigenvalue weighted by atomic mass is 10.3. The van der Waals surface area contributed by atoms with Gasteiger partial charge in [0.05, 0.1) is 5.82 Å². The third-order valence-electron chi connectivity index (χ3n) is 0.851. The molecule has 0 spiro atoms. The van der Waals surface area contributed by atoms with Crippen molar-refractivity contribution in [3.05, 3.63) is 12.4 Å². The van der Waals surface area contributed by atoms with Crippen LogP contribution in [0, 0.1) is 0 Å². The molecule has 0 aliphatic carbocycles. The zero-order valence-corrected chi connectivity index (χ0v) is 5.39. The Bertz CT molecular complexity index is 101. The Labute approximate surface area is 54.9 Å². The number of nitrogens with one attached hydrogen (secondary N) is 1. The van der Waals surface area contributed by atoms with Gasteiger partial charge in [-0.25, -0.2) is 0 Å². The number of nitrogens with two attached hydrogens (primary N) is 1. The Hall–Kier alpha value is -0.990. The summed E-state index contributed by atoms with van der Waals surface area (Å²) in [6.45, 7) is 4.16. The van der Waals surface area contributed by atoms with E-state index < -0.39 is 0 Å². The van der Waals surface area contributed by atoms with Gasteiger partial charge in [-0.15, -0.1) is 0 Å². The normalized spacial score (nSPS) is 8.44. The van der Waals surface area contributed by atoms with Crippen LogP contribution < -0.4 is 11.1 Å². The summed E-state index contributed by atoms with van der Waals surface area (Å²) in [4.78, 5) is 9.77. The van der Waals surface area contributed by atoms with Crippen LogP contribution >= 0.6 is 0 Å². The van der Waals surface area contributed by atoms with Crippen molar-refractivity contribution in [3.8, 4) is 0 Å². The van der Waals surface area contributed by atoms with E-state index in [0.29, 0.717) is 12.2 Å². The maximum absolute atomic E-state index is 9.77. The SMILES string of the molecule is C=C(N)NCCCC=O. The second-order valence-corrected chi connectivity index (χ2v) is 1.76. The van der Waals surface area contributed by atoms with Crippen molar-refractivity contribution in [2.45, 2.75) is 12.8 Å². The molecule has 3 nitrogen and oxygen atoms in total. The summed E-state index contributed by atoms with van der Waals surface area (Å²) in [5, 5.41) is 2.80. The summed E-state index contributed by atoms with van der Waals surface area (Å²) in [6.07, 6.45) is 2.29. The monoisotopic (exact) mass is 128 g/mol. The van der Waals surface area contributed by atoms with Crippen molar-refractivity contribution in [1.29, 1.82) is 0 Å². The fourth-order valence-electron chi connectivity index (χ4n) is 0.434. The van der Waals surface area contributed by atoms with Gasteiger partial charge >= 0.3 is 0 Å². The minimum absolute atomic E-state index is 0.459. The predicted octanol–water partition coefficient (Wildman–Crippen LogP) is -0.0150. The summed E-state index contributed by atoms with van der Waals surface area (Å²) >= 11 is 0. The highest BCUT2D eigenvalue weighted by atomic mass is 16.1. The Morgan fingerprint density at radius 3 is 2.89 bits per heavy atom. The first-order valence-electron chi connectivity index (χ1n) is 2.89. The van der Waals surface area contributed by atoms with Crippen LogP contribution in [0.4, 0.5) is 0 Å². The zero-order chi connectivity index (χ0) is 7.11. The van der Waals surface area contributed by atoms with Crippen molar-refractivity contribution in [2.24, 2.45) is 5.73 Å². The van der Waals surface area contributed by atoms with Gasteiger partial charge in [-0.3, -0.25) is 0 Å². The highest BCUT2D eigenvalue weighted by Crippen LogP contribution is 1.80. The third-order valence-corrected chi connectivity index (χ3v) is 0.851. The van der Waals surface area contributed by atoms with Gasteiger partial charge in [0.25, 0.3) is 0 Å². The fraction of sp³-hybridized carbons (Fsp3) is 0.500. The van der Waals surface area contributed by atoms with Gasteiger partial charge in [-0.2, -0.15) is 0 Å². The van der Waals surface area contributed by atoms with Crippen molar-refractivity contribution in [1.82, 2.24) is 5.32 Å². The molecule has 0 fully saturated rings. The van der Waals surface area contributed by atoms with E-state index in [4.69, 9.17) is 5.73 Å². The number of hydrogen-bond acceptors (Lipinski definition) is 3. The molecule has 3 heteroatoms. The van der Waals surface area contributed by atoms with Crippen LogP contribution in [0.15, 0.2) is 12.4 Å². The van der Waals surface area contributed by atoms with Crippen LogP contribution in [-0.4, -0.2) is 12.8 Å². The largest absolute Gasteiger partial charge is 0.386 e. The van der Waals surface area contributed by atoms with Crippen molar-refractivity contribution < 1.29 is 4.79 Å². The van der Waals surface area contributed by atoms with Crippen LogP contribution in [0.25, 0.3) is 0 Å². The molecule has 0 aromatic carbocycles. The van der Waals surface area contributed by atoms with Crippen LogP contribution in [0.5, 0.6) is 0 Å².